The van der Waals surface area contributed by atoms with Crippen molar-refractivity contribution in [3.8, 4) is 0 Å². The quantitative estimate of drug-likeness (QED) is 0.425. The summed E-state index contributed by atoms with van der Waals surface area (Å²) in [7, 11) is 0. The number of aryl methyl sites for hydroxylation is 1. The van der Waals surface area contributed by atoms with Crippen molar-refractivity contribution < 1.29 is 9.45 Å². The Morgan fingerprint density at radius 1 is 1.60 bits per heavy atom. The summed E-state index contributed by atoms with van der Waals surface area (Å²) in [5.74, 6) is 0.230. The van der Waals surface area contributed by atoms with Gasteiger partial charge in [-0.3, -0.25) is 10.1 Å². The monoisotopic (exact) mass is 210 g/mol. The van der Waals surface area contributed by atoms with E-state index < -0.39 is 4.92 Å². The number of hydrogen-bond donors (Lipinski definition) is 0. The third-order valence-electron chi connectivity index (χ3n) is 2.03. The van der Waals surface area contributed by atoms with E-state index in [0.29, 0.717) is 5.69 Å². The Morgan fingerprint density at radius 3 is 2.93 bits per heavy atom. The molecule has 0 amide bonds. The van der Waals surface area contributed by atoms with Crippen LogP contribution in [0.5, 0.6) is 0 Å². The van der Waals surface area contributed by atoms with Crippen LogP contribution >= 0.6 is 0 Å². The molecule has 0 fully saturated rings. The fraction of sp³-hybridized carbons (Fsp3) is 0.500. The third-order valence-corrected chi connectivity index (χ3v) is 2.03. The summed E-state index contributed by atoms with van der Waals surface area (Å²) in [4.78, 5) is 10.2. The van der Waals surface area contributed by atoms with Gasteiger partial charge in [0.05, 0.1) is 4.92 Å². The minimum Gasteiger partial charge on any atom is -0.349 e. The highest BCUT2D eigenvalue weighted by atomic mass is 16.6. The van der Waals surface area contributed by atoms with Crippen molar-refractivity contribution in [1.82, 2.24) is 5.16 Å². The molecule has 1 aromatic rings. The first-order valence-corrected chi connectivity index (χ1v) is 4.94. The van der Waals surface area contributed by atoms with Crippen LogP contribution in [0.4, 0.5) is 5.69 Å². The molecular formula is C10H14N2O3. The predicted molar refractivity (Wildman–Crippen MR) is 56.5 cm³/mol. The second-order valence-electron chi connectivity index (χ2n) is 3.28. The Hall–Kier alpha value is -1.65. The zero-order valence-corrected chi connectivity index (χ0v) is 8.90. The standard InChI is InChI=1S/C10H14N2O3/c1-3-4-5-6-7-9-10(12(13)14)8(2)11-15-9/h6-7H,3-5H2,1-2H3. The van der Waals surface area contributed by atoms with Gasteiger partial charge in [0.2, 0.25) is 5.76 Å². The van der Waals surface area contributed by atoms with Crippen LogP contribution in [0.3, 0.4) is 0 Å². The molecule has 0 saturated heterocycles. The van der Waals surface area contributed by atoms with E-state index in [-0.39, 0.29) is 11.4 Å². The molecule has 0 saturated carbocycles. The van der Waals surface area contributed by atoms with Gasteiger partial charge in [0, 0.05) is 0 Å². The van der Waals surface area contributed by atoms with Gasteiger partial charge in [-0.15, -0.1) is 0 Å². The molecule has 0 unspecified atom stereocenters. The Bertz CT molecular complexity index is 369. The second-order valence-corrected chi connectivity index (χ2v) is 3.28. The van der Waals surface area contributed by atoms with Crippen molar-refractivity contribution in [3.05, 3.63) is 27.6 Å². The molecule has 0 atom stereocenters. The summed E-state index contributed by atoms with van der Waals surface area (Å²) in [5, 5.41) is 14.2. The molecule has 0 spiro atoms. The van der Waals surface area contributed by atoms with Crippen LogP contribution in [0.2, 0.25) is 0 Å². The van der Waals surface area contributed by atoms with Gasteiger partial charge >= 0.3 is 5.69 Å². The lowest BCUT2D eigenvalue weighted by molar-refractivity contribution is -0.386. The van der Waals surface area contributed by atoms with Crippen molar-refractivity contribution in [3.63, 3.8) is 0 Å². The van der Waals surface area contributed by atoms with E-state index in [1.807, 2.05) is 6.08 Å². The average molecular weight is 210 g/mol. The van der Waals surface area contributed by atoms with Crippen molar-refractivity contribution in [2.75, 3.05) is 0 Å². The Kier molecular flexibility index (Phi) is 4.03. The maximum absolute atomic E-state index is 10.7. The zero-order valence-electron chi connectivity index (χ0n) is 8.90. The van der Waals surface area contributed by atoms with Crippen LogP contribution in [0.25, 0.3) is 6.08 Å². The van der Waals surface area contributed by atoms with Gasteiger partial charge in [-0.1, -0.05) is 31.0 Å². The van der Waals surface area contributed by atoms with Gasteiger partial charge in [0.25, 0.3) is 0 Å². The van der Waals surface area contributed by atoms with Crippen molar-refractivity contribution in [2.45, 2.75) is 33.1 Å². The van der Waals surface area contributed by atoms with Crippen molar-refractivity contribution in [2.24, 2.45) is 0 Å². The molecule has 5 nitrogen and oxygen atoms in total. The van der Waals surface area contributed by atoms with E-state index in [4.69, 9.17) is 4.52 Å². The summed E-state index contributed by atoms with van der Waals surface area (Å²) in [6.07, 6.45) is 6.55. The second kappa shape index (κ2) is 5.29. The number of allylic oxidation sites excluding steroid dienone is 1. The number of aromatic nitrogens is 1. The number of nitrogens with zero attached hydrogens (tertiary/aromatic N) is 2. The molecule has 5 heteroatoms. The zero-order chi connectivity index (χ0) is 11.3. The first kappa shape index (κ1) is 11.4. The highest BCUT2D eigenvalue weighted by Crippen LogP contribution is 2.23. The van der Waals surface area contributed by atoms with E-state index >= 15 is 0 Å². The number of nitro groups is 1. The normalized spacial score (nSPS) is 11.1. The smallest absolute Gasteiger partial charge is 0.338 e. The SMILES string of the molecule is CCCCC=Cc1onc(C)c1[N+](=O)[O-]. The lowest BCUT2D eigenvalue weighted by atomic mass is 10.2. The molecule has 1 aromatic heterocycles. The number of unbranched alkanes of at least 4 members (excludes halogenated alkanes) is 2. The molecule has 0 aliphatic carbocycles. The summed E-state index contributed by atoms with van der Waals surface area (Å²) in [6, 6.07) is 0. The summed E-state index contributed by atoms with van der Waals surface area (Å²) < 4.78 is 4.86. The lowest BCUT2D eigenvalue weighted by Gasteiger charge is -1.88. The average Bonchev–Trinajstić information content (AvgIpc) is 2.54. The molecule has 0 aliphatic heterocycles. The molecular weight excluding hydrogens is 196 g/mol. The molecule has 15 heavy (non-hydrogen) atoms. The van der Waals surface area contributed by atoms with Gasteiger partial charge in [0.15, 0.2) is 5.69 Å². The minimum absolute atomic E-state index is 0.0391. The highest BCUT2D eigenvalue weighted by molar-refractivity contribution is 5.56. The maximum atomic E-state index is 10.7. The van der Waals surface area contributed by atoms with E-state index in [1.54, 1.807) is 13.0 Å². The summed E-state index contributed by atoms with van der Waals surface area (Å²) in [6.45, 7) is 3.65. The fourth-order valence-electron chi connectivity index (χ4n) is 1.23. The molecule has 0 bridgehead atoms. The van der Waals surface area contributed by atoms with Gasteiger partial charge in [0.1, 0.15) is 0 Å². The number of hydrogen-bond acceptors (Lipinski definition) is 4. The largest absolute Gasteiger partial charge is 0.349 e. The van der Waals surface area contributed by atoms with E-state index in [1.165, 1.54) is 0 Å². The molecule has 82 valence electrons. The van der Waals surface area contributed by atoms with Gasteiger partial charge in [-0.25, -0.2) is 0 Å². The molecule has 0 N–H and O–H groups in total. The van der Waals surface area contributed by atoms with Crippen LogP contribution in [-0.4, -0.2) is 10.1 Å². The van der Waals surface area contributed by atoms with Crippen LogP contribution in [0.1, 0.15) is 37.6 Å². The maximum Gasteiger partial charge on any atom is 0.338 e. The van der Waals surface area contributed by atoms with Gasteiger partial charge in [-0.2, -0.15) is 0 Å². The van der Waals surface area contributed by atoms with Crippen LogP contribution < -0.4 is 0 Å². The third kappa shape index (κ3) is 2.90. The molecule has 0 aliphatic rings. The van der Waals surface area contributed by atoms with Gasteiger partial charge in [-0.05, 0) is 19.4 Å². The highest BCUT2D eigenvalue weighted by Gasteiger charge is 2.21. The van der Waals surface area contributed by atoms with Crippen LogP contribution in [-0.2, 0) is 0 Å². The van der Waals surface area contributed by atoms with E-state index in [9.17, 15) is 10.1 Å². The van der Waals surface area contributed by atoms with Crippen molar-refractivity contribution in [1.29, 1.82) is 0 Å². The predicted octanol–water partition coefficient (Wildman–Crippen LogP) is 3.09. The van der Waals surface area contributed by atoms with Crippen molar-refractivity contribution >= 4 is 11.8 Å². The topological polar surface area (TPSA) is 69.2 Å². The minimum atomic E-state index is -0.467. The first-order chi connectivity index (χ1) is 7.16. The number of rotatable bonds is 5. The fourth-order valence-corrected chi connectivity index (χ4v) is 1.23. The molecule has 1 heterocycles. The van der Waals surface area contributed by atoms with E-state index in [0.717, 1.165) is 19.3 Å². The molecule has 0 radical (unpaired) electrons. The van der Waals surface area contributed by atoms with Crippen LogP contribution in [0.15, 0.2) is 10.6 Å². The Balaban J connectivity index is 2.77. The molecule has 0 aromatic carbocycles. The van der Waals surface area contributed by atoms with Gasteiger partial charge < -0.3 is 4.52 Å². The lowest BCUT2D eigenvalue weighted by Crippen LogP contribution is -1.90. The first-order valence-electron chi connectivity index (χ1n) is 4.94. The summed E-state index contributed by atoms with van der Waals surface area (Å²) >= 11 is 0. The Morgan fingerprint density at radius 2 is 2.33 bits per heavy atom. The van der Waals surface area contributed by atoms with Crippen LogP contribution in [0, 0.1) is 17.0 Å². The summed E-state index contributed by atoms with van der Waals surface area (Å²) in [5.41, 5.74) is 0.276. The Labute approximate surface area is 87.9 Å². The molecule has 1 rings (SSSR count). The van der Waals surface area contributed by atoms with E-state index in [2.05, 4.69) is 12.1 Å².